The second-order valence-electron chi connectivity index (χ2n) is 10.2. The molecule has 0 fully saturated rings. The number of rotatable bonds is 24. The fourth-order valence-electron chi connectivity index (χ4n) is 5.10. The Hall–Kier alpha value is 0.778. The van der Waals surface area contributed by atoms with E-state index in [4.69, 9.17) is 0 Å². The molecule has 0 radical (unpaired) electrons. The fraction of sp³-hybridized carbons (Fsp3) is 1.00. The van der Waals surface area contributed by atoms with Crippen molar-refractivity contribution in [2.75, 3.05) is 0 Å². The Morgan fingerprint density at radius 1 is 0.300 bits per heavy atom. The van der Waals surface area contributed by atoms with Crippen molar-refractivity contribution in [1.82, 2.24) is 0 Å². The molecule has 0 atom stereocenters. The molecule has 30 heavy (non-hydrogen) atoms. The first-order valence-electron chi connectivity index (χ1n) is 14.2. The zero-order valence-electron chi connectivity index (χ0n) is 21.9. The van der Waals surface area contributed by atoms with Crippen LogP contribution in [0.15, 0.2) is 0 Å². The predicted molar refractivity (Wildman–Crippen MR) is 143 cm³/mol. The zero-order chi connectivity index (χ0) is 21.5. The van der Waals surface area contributed by atoms with Crippen LogP contribution in [0.4, 0.5) is 0 Å². The summed E-state index contributed by atoms with van der Waals surface area (Å²) in [6, 6.07) is 0. The molecule has 1 nitrogen and oxygen atoms in total. The van der Waals surface area contributed by atoms with E-state index in [1.165, 1.54) is 96.3 Å². The van der Waals surface area contributed by atoms with E-state index in [-0.39, 0.29) is 5.48 Å². The van der Waals surface area contributed by atoms with Crippen LogP contribution in [0.2, 0.25) is 17.5 Å². The van der Waals surface area contributed by atoms with Gasteiger partial charge < -0.3 is 5.48 Å². The van der Waals surface area contributed by atoms with Gasteiger partial charge in [0.05, 0.1) is 0 Å². The molecular formula is C28H62OSb-. The minimum atomic E-state index is -1.81. The van der Waals surface area contributed by atoms with Gasteiger partial charge in [-0.1, -0.05) is 26.2 Å². The van der Waals surface area contributed by atoms with Crippen molar-refractivity contribution in [3.8, 4) is 0 Å². The monoisotopic (exact) mass is 535 g/mol. The molecule has 0 heterocycles. The molecule has 0 aromatic carbocycles. The minimum absolute atomic E-state index is 0. The molecule has 0 aliphatic heterocycles. The first-order chi connectivity index (χ1) is 14.2. The van der Waals surface area contributed by atoms with Gasteiger partial charge in [0, 0.05) is 0 Å². The van der Waals surface area contributed by atoms with E-state index in [0.717, 1.165) is 0 Å². The van der Waals surface area contributed by atoms with Crippen molar-refractivity contribution < 1.29 is 5.48 Å². The summed E-state index contributed by atoms with van der Waals surface area (Å²) in [5.74, 6) is 0. The summed E-state index contributed by atoms with van der Waals surface area (Å²) in [5.41, 5.74) is 0. The predicted octanol–water partition coefficient (Wildman–Crippen LogP) is 10.9. The molecule has 0 amide bonds. The van der Waals surface area contributed by atoms with Gasteiger partial charge in [0.2, 0.25) is 0 Å². The van der Waals surface area contributed by atoms with Crippen molar-refractivity contribution in [2.24, 2.45) is 0 Å². The summed E-state index contributed by atoms with van der Waals surface area (Å²) < 4.78 is 6.86. The Morgan fingerprint density at radius 2 is 0.533 bits per heavy atom. The van der Waals surface area contributed by atoms with Crippen molar-refractivity contribution in [3.05, 3.63) is 0 Å². The normalized spacial score (nSPS) is 12.1. The molecule has 0 aromatic rings. The summed E-state index contributed by atoms with van der Waals surface area (Å²) in [5, 5.41) is 0. The van der Waals surface area contributed by atoms with Crippen LogP contribution in [0.1, 0.15) is 156 Å². The minimum Gasteiger partial charge on any atom is -0.870 e. The van der Waals surface area contributed by atoms with Crippen LogP contribution in [0.25, 0.3) is 0 Å². The molecule has 0 aliphatic carbocycles. The van der Waals surface area contributed by atoms with Crippen LogP contribution < -0.4 is 0 Å². The molecule has 0 unspecified atom stereocenters. The van der Waals surface area contributed by atoms with Crippen molar-refractivity contribution in [2.45, 2.75) is 174 Å². The van der Waals surface area contributed by atoms with E-state index >= 15 is 0 Å². The third-order valence-electron chi connectivity index (χ3n) is 7.24. The summed E-state index contributed by atoms with van der Waals surface area (Å²) in [4.78, 5) is 0. The molecule has 186 valence electrons. The van der Waals surface area contributed by atoms with Gasteiger partial charge in [-0.2, -0.15) is 0 Å². The van der Waals surface area contributed by atoms with Crippen LogP contribution in [0.5, 0.6) is 0 Å². The molecule has 0 rings (SSSR count). The maximum Gasteiger partial charge on any atom is -0.870 e. The van der Waals surface area contributed by atoms with Crippen LogP contribution in [0.3, 0.4) is 0 Å². The van der Waals surface area contributed by atoms with Crippen LogP contribution in [-0.2, 0) is 0 Å². The SMILES string of the molecule is CCCCCCCCCCCCCCC[CH2][SbH]([CH2]CCC)([CH2]CCC)[CH2]CCC.[OH-]. The van der Waals surface area contributed by atoms with E-state index in [9.17, 15) is 0 Å². The van der Waals surface area contributed by atoms with Crippen LogP contribution in [-0.4, -0.2) is 24.3 Å². The summed E-state index contributed by atoms with van der Waals surface area (Å²) in [7, 11) is 0. The smallest absolute Gasteiger partial charge is 0.870 e. The van der Waals surface area contributed by atoms with E-state index < -0.39 is 18.8 Å². The third-order valence-corrected chi connectivity index (χ3v) is 23.4. The van der Waals surface area contributed by atoms with Crippen molar-refractivity contribution in [1.29, 1.82) is 0 Å². The Balaban J connectivity index is 0. The summed E-state index contributed by atoms with van der Waals surface area (Å²) >= 11 is -1.81. The van der Waals surface area contributed by atoms with Gasteiger partial charge in [-0.05, 0) is 0 Å². The summed E-state index contributed by atoms with van der Waals surface area (Å²) in [6.45, 7) is 9.53. The van der Waals surface area contributed by atoms with Gasteiger partial charge in [-0.3, -0.25) is 0 Å². The quantitative estimate of drug-likeness (QED) is 0.0891. The number of hydrogen-bond donors (Lipinski definition) is 0. The second-order valence-corrected chi connectivity index (χ2v) is 24.4. The van der Waals surface area contributed by atoms with E-state index in [1.54, 1.807) is 49.6 Å². The summed E-state index contributed by atoms with van der Waals surface area (Å²) in [6.07, 6.45) is 29.8. The van der Waals surface area contributed by atoms with E-state index in [2.05, 4.69) is 27.7 Å². The molecule has 0 aromatic heterocycles. The maximum absolute atomic E-state index is 2.41. The van der Waals surface area contributed by atoms with E-state index in [1.807, 2.05) is 0 Å². The molecular weight excluding hydrogens is 474 g/mol. The Morgan fingerprint density at radius 3 is 0.833 bits per heavy atom. The van der Waals surface area contributed by atoms with Gasteiger partial charge in [0.25, 0.3) is 0 Å². The molecule has 2 heteroatoms. The van der Waals surface area contributed by atoms with Crippen LogP contribution >= 0.6 is 0 Å². The molecule has 0 spiro atoms. The first-order valence-corrected chi connectivity index (χ1v) is 22.3. The largest absolute Gasteiger partial charge is 0.870 e. The van der Waals surface area contributed by atoms with Crippen molar-refractivity contribution >= 4 is 18.8 Å². The average molecular weight is 537 g/mol. The topological polar surface area (TPSA) is 30.0 Å². The molecule has 0 aliphatic rings. The Kier molecular flexibility index (Phi) is 28.6. The number of hydrogen-bond acceptors (Lipinski definition) is 1. The Labute approximate surface area is 197 Å². The molecule has 0 saturated carbocycles. The standard InChI is InChI=1S/C16H33.3C4H9.H2O.Sb.H/c1-3-5-7-9-11-13-15-16-14-12-10-8-6-4-2;3*1-3-4-2;;;/h1,3-16H2,2H3;3*1,3-4H2,2H3;1H2;;/p-1. The van der Waals surface area contributed by atoms with Gasteiger partial charge in [0.15, 0.2) is 0 Å². The fourth-order valence-corrected chi connectivity index (χ4v) is 21.7. The second kappa shape index (κ2) is 26.0. The van der Waals surface area contributed by atoms with Gasteiger partial charge in [0.1, 0.15) is 0 Å². The van der Waals surface area contributed by atoms with Crippen molar-refractivity contribution in [3.63, 3.8) is 0 Å². The first kappa shape index (κ1) is 33.0. The Bertz CT molecular complexity index is 283. The van der Waals surface area contributed by atoms with Crippen LogP contribution in [0, 0.1) is 0 Å². The average Bonchev–Trinajstić information content (AvgIpc) is 2.74. The van der Waals surface area contributed by atoms with Gasteiger partial charge in [-0.15, -0.1) is 0 Å². The zero-order valence-corrected chi connectivity index (χ0v) is 24.8. The van der Waals surface area contributed by atoms with Gasteiger partial charge in [-0.25, -0.2) is 0 Å². The maximum atomic E-state index is 2.41. The van der Waals surface area contributed by atoms with E-state index in [0.29, 0.717) is 0 Å². The molecule has 0 saturated heterocycles. The van der Waals surface area contributed by atoms with Gasteiger partial charge >= 0.3 is 166 Å². The third kappa shape index (κ3) is 20.7. The molecule has 0 bridgehead atoms. The number of unbranched alkanes of at least 4 members (excludes halogenated alkanes) is 16. The molecule has 1 N–H and O–H groups in total.